The predicted molar refractivity (Wildman–Crippen MR) is 128 cm³/mol. The highest BCUT2D eigenvalue weighted by Gasteiger charge is 2.46. The van der Waals surface area contributed by atoms with Gasteiger partial charge in [-0.3, -0.25) is 9.59 Å². The molecule has 6 nitrogen and oxygen atoms in total. The van der Waals surface area contributed by atoms with Gasteiger partial charge in [-0.2, -0.15) is 0 Å². The predicted octanol–water partition coefficient (Wildman–Crippen LogP) is 5.84. The molecular weight excluding hydrogens is 486 g/mol. The van der Waals surface area contributed by atoms with Crippen LogP contribution in [0.15, 0.2) is 81.4 Å². The summed E-state index contributed by atoms with van der Waals surface area (Å²) in [5.41, 5.74) is 1.15. The van der Waals surface area contributed by atoms with Crippen LogP contribution in [0.4, 0.5) is 0 Å². The Morgan fingerprint density at radius 2 is 1.94 bits per heavy atom. The summed E-state index contributed by atoms with van der Waals surface area (Å²) in [5.74, 6) is -0.518. The van der Waals surface area contributed by atoms with E-state index in [0.717, 1.165) is 17.3 Å². The van der Waals surface area contributed by atoms with Crippen molar-refractivity contribution >= 4 is 33.4 Å². The lowest BCUT2D eigenvalue weighted by Crippen LogP contribution is -2.29. The van der Waals surface area contributed by atoms with Gasteiger partial charge in [0.2, 0.25) is 0 Å². The number of carbonyl (C=O) groups excluding carboxylic acids is 2. The van der Waals surface area contributed by atoms with E-state index in [1.807, 2.05) is 24.3 Å². The fourth-order valence-electron chi connectivity index (χ4n) is 3.86. The van der Waals surface area contributed by atoms with Gasteiger partial charge in [-0.25, -0.2) is 0 Å². The lowest BCUT2D eigenvalue weighted by molar-refractivity contribution is -0.140. The number of likely N-dealkylation sites (tertiary alicyclic amines) is 1. The number of hydrogen-bond acceptors (Lipinski definition) is 5. The number of halogens is 1. The van der Waals surface area contributed by atoms with E-state index in [4.69, 9.17) is 9.15 Å². The van der Waals surface area contributed by atoms with E-state index in [1.54, 1.807) is 36.4 Å². The van der Waals surface area contributed by atoms with Crippen molar-refractivity contribution in [1.29, 1.82) is 0 Å². The lowest BCUT2D eigenvalue weighted by atomic mass is 9.95. The number of amides is 1. The van der Waals surface area contributed by atoms with Crippen LogP contribution in [0.1, 0.15) is 42.7 Å². The van der Waals surface area contributed by atoms with Crippen molar-refractivity contribution in [3.63, 3.8) is 0 Å². The van der Waals surface area contributed by atoms with Gasteiger partial charge in [0.05, 0.1) is 31.0 Å². The van der Waals surface area contributed by atoms with Crippen molar-refractivity contribution in [3.8, 4) is 5.75 Å². The van der Waals surface area contributed by atoms with Gasteiger partial charge in [0.25, 0.3) is 11.7 Å². The first kappa shape index (κ1) is 22.9. The second-order valence-electron chi connectivity index (χ2n) is 7.79. The molecule has 1 N–H and O–H groups in total. The molecule has 0 saturated carbocycles. The van der Waals surface area contributed by atoms with Crippen LogP contribution in [0.3, 0.4) is 0 Å². The Kier molecular flexibility index (Phi) is 6.99. The Bertz CT molecular complexity index is 1180. The van der Waals surface area contributed by atoms with Crippen LogP contribution >= 0.6 is 15.9 Å². The number of furan rings is 1. The number of unbranched alkanes of at least 4 members (excludes halogenated alkanes) is 1. The highest BCUT2D eigenvalue weighted by atomic mass is 79.9. The van der Waals surface area contributed by atoms with Gasteiger partial charge in [-0.15, -0.1) is 0 Å². The molecule has 3 aromatic rings. The van der Waals surface area contributed by atoms with Gasteiger partial charge in [-0.05, 0) is 48.4 Å². The monoisotopic (exact) mass is 509 g/mol. The lowest BCUT2D eigenvalue weighted by Gasteiger charge is -2.24. The third-order valence-electron chi connectivity index (χ3n) is 5.48. The van der Waals surface area contributed by atoms with E-state index in [1.165, 1.54) is 11.2 Å². The zero-order valence-electron chi connectivity index (χ0n) is 18.2. The van der Waals surface area contributed by atoms with Gasteiger partial charge >= 0.3 is 0 Å². The summed E-state index contributed by atoms with van der Waals surface area (Å²) < 4.78 is 12.0. The highest BCUT2D eigenvalue weighted by Crippen LogP contribution is 2.41. The first-order chi connectivity index (χ1) is 16.0. The van der Waals surface area contributed by atoms with Crippen LogP contribution in [0.2, 0.25) is 0 Å². The maximum absolute atomic E-state index is 13.1. The molecule has 0 radical (unpaired) electrons. The Balaban J connectivity index is 1.79. The van der Waals surface area contributed by atoms with Gasteiger partial charge < -0.3 is 19.2 Å². The number of aliphatic hydroxyl groups is 1. The maximum atomic E-state index is 13.1. The molecule has 0 spiro atoms. The third kappa shape index (κ3) is 4.88. The molecule has 0 bridgehead atoms. The zero-order valence-corrected chi connectivity index (χ0v) is 19.7. The van der Waals surface area contributed by atoms with Crippen molar-refractivity contribution < 1.29 is 23.8 Å². The van der Waals surface area contributed by atoms with E-state index >= 15 is 0 Å². The Labute approximate surface area is 200 Å². The van der Waals surface area contributed by atoms with E-state index in [-0.39, 0.29) is 17.9 Å². The summed E-state index contributed by atoms with van der Waals surface area (Å²) in [6.45, 7) is 2.74. The van der Waals surface area contributed by atoms with Crippen LogP contribution in [0, 0.1) is 0 Å². The first-order valence-corrected chi connectivity index (χ1v) is 11.6. The van der Waals surface area contributed by atoms with Crippen LogP contribution < -0.4 is 4.74 Å². The number of Topliss-reactive ketones (excluding diaryl/α,β-unsaturated/α-hetero) is 1. The average Bonchev–Trinajstić information content (AvgIpc) is 3.41. The second-order valence-corrected chi connectivity index (χ2v) is 8.71. The third-order valence-corrected chi connectivity index (χ3v) is 5.98. The number of aliphatic hydroxyl groups excluding tert-OH is 1. The van der Waals surface area contributed by atoms with Crippen LogP contribution in [-0.2, 0) is 16.1 Å². The van der Waals surface area contributed by atoms with Gasteiger partial charge in [0.1, 0.15) is 17.3 Å². The maximum Gasteiger partial charge on any atom is 0.296 e. The van der Waals surface area contributed by atoms with Gasteiger partial charge in [-0.1, -0.05) is 53.5 Å². The van der Waals surface area contributed by atoms with Crippen molar-refractivity contribution in [2.75, 3.05) is 6.61 Å². The molecule has 7 heteroatoms. The number of ether oxygens (including phenoxy) is 1. The molecule has 0 aliphatic carbocycles. The molecule has 1 aliphatic heterocycles. The van der Waals surface area contributed by atoms with Gasteiger partial charge in [0, 0.05) is 10.0 Å². The Morgan fingerprint density at radius 3 is 2.67 bits per heavy atom. The molecule has 1 unspecified atom stereocenters. The standard InChI is InChI=1S/C26H24BrNO5/c1-2-3-12-32-20-10-5-8-18(15-20)24(29)22-23(17-7-4-9-19(27)14-17)28(26(31)25(22)30)16-21-11-6-13-33-21/h4-11,13-15,23,29H,2-3,12,16H2,1H3/b24-22+. The molecule has 1 amide bonds. The molecule has 33 heavy (non-hydrogen) atoms. The summed E-state index contributed by atoms with van der Waals surface area (Å²) in [5, 5.41) is 11.2. The van der Waals surface area contributed by atoms with Crippen LogP contribution in [0.5, 0.6) is 5.75 Å². The number of rotatable bonds is 8. The molecule has 1 atom stereocenters. The molecule has 1 saturated heterocycles. The van der Waals surface area contributed by atoms with Crippen LogP contribution in [-0.4, -0.2) is 28.3 Å². The largest absolute Gasteiger partial charge is 0.507 e. The minimum atomic E-state index is -0.766. The molecule has 2 aromatic carbocycles. The summed E-state index contributed by atoms with van der Waals surface area (Å²) in [7, 11) is 0. The van der Waals surface area contributed by atoms with E-state index in [2.05, 4.69) is 22.9 Å². The summed E-state index contributed by atoms with van der Waals surface area (Å²) in [6.07, 6.45) is 3.44. The Hall–Kier alpha value is -3.32. The molecular formula is C26H24BrNO5. The summed E-state index contributed by atoms with van der Waals surface area (Å²) >= 11 is 3.46. The van der Waals surface area contributed by atoms with Crippen molar-refractivity contribution in [1.82, 2.24) is 4.90 Å². The minimum absolute atomic E-state index is 0.0374. The SMILES string of the molecule is CCCCOc1cccc(/C(O)=C2\C(=O)C(=O)N(Cc3ccco3)C2c2cccc(Br)c2)c1. The topological polar surface area (TPSA) is 80.0 Å². The first-order valence-electron chi connectivity index (χ1n) is 10.8. The van der Waals surface area contributed by atoms with E-state index < -0.39 is 17.7 Å². The molecule has 170 valence electrons. The minimum Gasteiger partial charge on any atom is -0.507 e. The molecule has 1 aromatic heterocycles. The van der Waals surface area contributed by atoms with E-state index in [0.29, 0.717) is 29.2 Å². The number of ketones is 1. The molecule has 4 rings (SSSR count). The smallest absolute Gasteiger partial charge is 0.296 e. The summed E-state index contributed by atoms with van der Waals surface area (Å²) in [6, 6.07) is 17.0. The van der Waals surface area contributed by atoms with Crippen molar-refractivity contribution in [3.05, 3.63) is 93.9 Å². The highest BCUT2D eigenvalue weighted by molar-refractivity contribution is 9.10. The number of nitrogens with zero attached hydrogens (tertiary/aromatic N) is 1. The van der Waals surface area contributed by atoms with Crippen LogP contribution in [0.25, 0.3) is 5.76 Å². The fourth-order valence-corrected chi connectivity index (χ4v) is 4.28. The zero-order chi connectivity index (χ0) is 23.4. The second kappa shape index (κ2) is 10.1. The van der Waals surface area contributed by atoms with Gasteiger partial charge in [0.15, 0.2) is 0 Å². The number of hydrogen-bond donors (Lipinski definition) is 1. The quantitative estimate of drug-likeness (QED) is 0.178. The van der Waals surface area contributed by atoms with Crippen molar-refractivity contribution in [2.24, 2.45) is 0 Å². The number of carbonyl (C=O) groups is 2. The fraction of sp³-hybridized carbons (Fsp3) is 0.231. The molecule has 2 heterocycles. The average molecular weight is 510 g/mol. The van der Waals surface area contributed by atoms with Crippen molar-refractivity contribution in [2.45, 2.75) is 32.4 Å². The number of benzene rings is 2. The molecule has 1 fully saturated rings. The normalized spacial score (nSPS) is 17.5. The molecule has 1 aliphatic rings. The summed E-state index contributed by atoms with van der Waals surface area (Å²) in [4.78, 5) is 27.6. The Morgan fingerprint density at radius 1 is 1.12 bits per heavy atom. The van der Waals surface area contributed by atoms with E-state index in [9.17, 15) is 14.7 Å².